The van der Waals surface area contributed by atoms with E-state index in [9.17, 15) is 0 Å². The molecular weight excluding hydrogens is 527 g/mol. The molecule has 1 aliphatic rings. The lowest BCUT2D eigenvalue weighted by Crippen LogP contribution is -2.42. The van der Waals surface area contributed by atoms with E-state index < -0.39 is 15.2 Å². The third kappa shape index (κ3) is 3.97. The molecule has 0 atom stereocenters. The molecule has 0 heterocycles. The number of hydrogen-bond donors (Lipinski definition) is 0. The van der Waals surface area contributed by atoms with Crippen LogP contribution in [0.25, 0.3) is 21.9 Å². The Hall–Kier alpha value is -3.59. The van der Waals surface area contributed by atoms with Crippen molar-refractivity contribution in [2.45, 2.75) is 33.0 Å². The summed E-state index contributed by atoms with van der Waals surface area (Å²) in [6.45, 7) is 9.31. The first-order valence-electron chi connectivity index (χ1n) is 13.8. The first-order chi connectivity index (χ1) is 19.2. The zero-order valence-corrected chi connectivity index (χ0v) is 25.9. The minimum atomic E-state index is -3.34. The maximum absolute atomic E-state index is 16.1. The maximum Gasteiger partial charge on any atom is 0.172 e. The second kappa shape index (κ2) is 9.80. The molecule has 0 amide bonds. The van der Waals surface area contributed by atoms with Crippen LogP contribution in [0.1, 0.15) is 16.7 Å². The van der Waals surface area contributed by atoms with Crippen molar-refractivity contribution in [2.75, 3.05) is 14.2 Å². The lowest BCUT2D eigenvalue weighted by Gasteiger charge is -2.30. The van der Waals surface area contributed by atoms with Crippen LogP contribution in [0.15, 0.2) is 91.0 Å². The standard InChI is InChI=1S/C35H35O3PSi/c1-23-20-24-22-28-33(31(24)30(21-23)38-3)35(40(4,5)6)27-18-13-19-29(37-2)32(27)34(28)39(36,25-14-9-7-10-15-25)26-16-11-8-12-17-26/h7-21H,22H2,1-6H3. The van der Waals surface area contributed by atoms with Crippen molar-refractivity contribution in [3.8, 4) is 22.6 Å². The summed E-state index contributed by atoms with van der Waals surface area (Å²) < 4.78 is 28.2. The smallest absolute Gasteiger partial charge is 0.172 e. The van der Waals surface area contributed by atoms with Crippen LogP contribution in [0.3, 0.4) is 0 Å². The van der Waals surface area contributed by atoms with E-state index in [1.54, 1.807) is 14.2 Å². The molecule has 0 saturated heterocycles. The van der Waals surface area contributed by atoms with Gasteiger partial charge in [0.15, 0.2) is 7.14 Å². The highest BCUT2D eigenvalue weighted by Gasteiger charge is 2.42. The van der Waals surface area contributed by atoms with Crippen LogP contribution in [0.2, 0.25) is 19.6 Å². The van der Waals surface area contributed by atoms with Gasteiger partial charge in [0.1, 0.15) is 11.5 Å². The Labute approximate surface area is 238 Å². The van der Waals surface area contributed by atoms with Crippen LogP contribution in [-0.4, -0.2) is 22.3 Å². The van der Waals surface area contributed by atoms with Gasteiger partial charge in [-0.05, 0) is 58.3 Å². The summed E-state index contributed by atoms with van der Waals surface area (Å²) in [6, 6.07) is 30.7. The number of rotatable bonds is 6. The van der Waals surface area contributed by atoms with E-state index in [0.29, 0.717) is 6.42 Å². The number of methoxy groups -OCH3 is 2. The summed E-state index contributed by atoms with van der Waals surface area (Å²) in [5.41, 5.74) is 5.91. The molecule has 0 aromatic heterocycles. The van der Waals surface area contributed by atoms with Crippen LogP contribution in [-0.2, 0) is 11.0 Å². The highest BCUT2D eigenvalue weighted by Crippen LogP contribution is 2.53. The number of benzene rings is 5. The molecule has 5 aromatic carbocycles. The zero-order chi connectivity index (χ0) is 28.2. The Balaban J connectivity index is 1.91. The van der Waals surface area contributed by atoms with Gasteiger partial charge in [0.2, 0.25) is 0 Å². The Bertz CT molecular complexity index is 1760. The van der Waals surface area contributed by atoms with Gasteiger partial charge < -0.3 is 14.0 Å². The summed E-state index contributed by atoms with van der Waals surface area (Å²) in [4.78, 5) is 0. The zero-order valence-electron chi connectivity index (χ0n) is 24.0. The second-order valence-electron chi connectivity index (χ2n) is 11.7. The van der Waals surface area contributed by atoms with Gasteiger partial charge in [0, 0.05) is 26.9 Å². The number of aryl methyl sites for hydroxylation is 1. The third-order valence-electron chi connectivity index (χ3n) is 8.06. The normalized spacial score (nSPS) is 12.8. The first kappa shape index (κ1) is 26.6. The predicted octanol–water partition coefficient (Wildman–Crippen LogP) is 6.92. The lowest BCUT2D eigenvalue weighted by molar-refractivity contribution is 0.416. The van der Waals surface area contributed by atoms with Gasteiger partial charge in [0.05, 0.1) is 22.3 Å². The molecule has 0 bridgehead atoms. The quantitative estimate of drug-likeness (QED) is 0.163. The Kier molecular flexibility index (Phi) is 6.52. The van der Waals surface area contributed by atoms with Crippen LogP contribution in [0, 0.1) is 6.92 Å². The predicted molar refractivity (Wildman–Crippen MR) is 172 cm³/mol. The van der Waals surface area contributed by atoms with E-state index in [1.807, 2.05) is 66.7 Å². The second-order valence-corrected chi connectivity index (χ2v) is 19.4. The van der Waals surface area contributed by atoms with E-state index in [2.05, 4.69) is 50.8 Å². The highest BCUT2D eigenvalue weighted by atomic mass is 31.2. The minimum Gasteiger partial charge on any atom is -0.496 e. The van der Waals surface area contributed by atoms with E-state index >= 15 is 4.57 Å². The van der Waals surface area contributed by atoms with E-state index in [1.165, 1.54) is 16.3 Å². The summed E-state index contributed by atoms with van der Waals surface area (Å²) in [5.74, 6) is 1.65. The van der Waals surface area contributed by atoms with Crippen LogP contribution in [0.4, 0.5) is 0 Å². The molecule has 0 N–H and O–H groups in total. The average Bonchev–Trinajstić information content (AvgIpc) is 3.32. The first-order valence-corrected chi connectivity index (χ1v) is 19.0. The summed E-state index contributed by atoms with van der Waals surface area (Å²) >= 11 is 0. The monoisotopic (exact) mass is 562 g/mol. The van der Waals surface area contributed by atoms with Crippen molar-refractivity contribution in [1.82, 2.24) is 0 Å². The van der Waals surface area contributed by atoms with Gasteiger partial charge in [-0.2, -0.15) is 0 Å². The SMILES string of the molecule is COc1cc(C)cc2c1-c1c(c(P(=O)(c3ccccc3)c3ccccc3)c3c(OC)cccc3c1[Si](C)(C)C)C2. The van der Waals surface area contributed by atoms with Gasteiger partial charge in [-0.15, -0.1) is 0 Å². The molecule has 5 heteroatoms. The van der Waals surface area contributed by atoms with Crippen molar-refractivity contribution in [3.63, 3.8) is 0 Å². The molecule has 0 fully saturated rings. The van der Waals surface area contributed by atoms with Crippen LogP contribution >= 0.6 is 7.14 Å². The van der Waals surface area contributed by atoms with Crippen molar-refractivity contribution >= 4 is 47.1 Å². The fourth-order valence-electron chi connectivity index (χ4n) is 6.57. The topological polar surface area (TPSA) is 35.5 Å². The van der Waals surface area contributed by atoms with Gasteiger partial charge in [-0.1, -0.05) is 98.5 Å². The van der Waals surface area contributed by atoms with Gasteiger partial charge in [0.25, 0.3) is 0 Å². The molecule has 40 heavy (non-hydrogen) atoms. The van der Waals surface area contributed by atoms with Crippen molar-refractivity contribution in [1.29, 1.82) is 0 Å². The van der Waals surface area contributed by atoms with Gasteiger partial charge in [-0.25, -0.2) is 0 Å². The highest BCUT2D eigenvalue weighted by molar-refractivity contribution is 7.85. The third-order valence-corrected chi connectivity index (χ3v) is 13.3. The minimum absolute atomic E-state index is 0.702. The number of fused-ring (bicyclic) bond motifs is 4. The number of ether oxygens (including phenoxy) is 2. The molecule has 3 nitrogen and oxygen atoms in total. The Morgan fingerprint density at radius 3 is 1.88 bits per heavy atom. The molecule has 5 aromatic rings. The van der Waals surface area contributed by atoms with Crippen LogP contribution in [0.5, 0.6) is 11.5 Å². The molecule has 6 rings (SSSR count). The molecule has 0 radical (unpaired) electrons. The van der Waals surface area contributed by atoms with Crippen molar-refractivity contribution in [2.24, 2.45) is 0 Å². The summed E-state index contributed by atoms with van der Waals surface area (Å²) in [7, 11) is -1.82. The van der Waals surface area contributed by atoms with Gasteiger partial charge in [-0.3, -0.25) is 0 Å². The fraction of sp³-hybridized carbons (Fsp3) is 0.200. The molecule has 0 saturated carbocycles. The molecule has 0 spiro atoms. The maximum atomic E-state index is 16.1. The largest absolute Gasteiger partial charge is 0.496 e. The molecule has 0 unspecified atom stereocenters. The van der Waals surface area contributed by atoms with E-state index in [0.717, 1.165) is 54.9 Å². The van der Waals surface area contributed by atoms with Gasteiger partial charge >= 0.3 is 0 Å². The molecule has 202 valence electrons. The van der Waals surface area contributed by atoms with Crippen molar-refractivity contribution < 1.29 is 14.0 Å². The number of hydrogen-bond acceptors (Lipinski definition) is 3. The van der Waals surface area contributed by atoms with E-state index in [-0.39, 0.29) is 0 Å². The Morgan fingerprint density at radius 1 is 0.725 bits per heavy atom. The molecule has 1 aliphatic carbocycles. The van der Waals surface area contributed by atoms with E-state index in [4.69, 9.17) is 9.47 Å². The summed E-state index contributed by atoms with van der Waals surface area (Å²) in [5, 5.41) is 6.03. The summed E-state index contributed by atoms with van der Waals surface area (Å²) in [6.07, 6.45) is 0.702. The van der Waals surface area contributed by atoms with Crippen LogP contribution < -0.4 is 30.6 Å². The molecular formula is C35H35O3PSi. The average molecular weight is 563 g/mol. The lowest BCUT2D eigenvalue weighted by atomic mass is 9.98. The van der Waals surface area contributed by atoms with Crippen molar-refractivity contribution in [3.05, 3.63) is 108 Å². The fourth-order valence-corrected chi connectivity index (χ4v) is 11.7. The molecule has 0 aliphatic heterocycles. The Morgan fingerprint density at radius 2 is 1.32 bits per heavy atom.